The zero-order valence-electron chi connectivity index (χ0n) is 20.9. The Kier molecular flexibility index (Phi) is 7.08. The van der Waals surface area contributed by atoms with Crippen LogP contribution in [0.5, 0.6) is 11.5 Å². The van der Waals surface area contributed by atoms with Crippen LogP contribution in [-0.4, -0.2) is 18.9 Å². The van der Waals surface area contributed by atoms with Crippen molar-refractivity contribution in [3.63, 3.8) is 0 Å². The van der Waals surface area contributed by atoms with Gasteiger partial charge in [0, 0.05) is 5.56 Å². The van der Waals surface area contributed by atoms with E-state index in [0.717, 1.165) is 58.2 Å². The third-order valence-corrected chi connectivity index (χ3v) is 6.94. The smallest absolute Gasteiger partial charge is 0.224 e. The quantitative estimate of drug-likeness (QED) is 0.225. The number of aryl methyl sites for hydroxylation is 1. The van der Waals surface area contributed by atoms with Crippen molar-refractivity contribution in [3.05, 3.63) is 107 Å². The van der Waals surface area contributed by atoms with Gasteiger partial charge in [-0.1, -0.05) is 48.5 Å². The van der Waals surface area contributed by atoms with Crippen molar-refractivity contribution in [2.24, 2.45) is 5.73 Å². The predicted octanol–water partition coefficient (Wildman–Crippen LogP) is 5.45. The first-order valence-electron chi connectivity index (χ1n) is 12.5. The molecule has 1 atom stereocenters. The van der Waals surface area contributed by atoms with Gasteiger partial charge in [-0.05, 0) is 82.6 Å². The molecule has 0 spiro atoms. The van der Waals surface area contributed by atoms with Gasteiger partial charge in [0.2, 0.25) is 5.91 Å². The minimum absolute atomic E-state index is 0.00175. The van der Waals surface area contributed by atoms with Gasteiger partial charge in [0.1, 0.15) is 23.9 Å². The van der Waals surface area contributed by atoms with E-state index in [2.05, 4.69) is 23.5 Å². The maximum Gasteiger partial charge on any atom is 0.224 e. The van der Waals surface area contributed by atoms with E-state index in [4.69, 9.17) is 20.6 Å². The minimum atomic E-state index is -0.0343. The molecular weight excluding hydrogens is 462 g/mol. The summed E-state index contributed by atoms with van der Waals surface area (Å²) in [6.45, 7) is 0.419. The summed E-state index contributed by atoms with van der Waals surface area (Å²) in [4.78, 5) is 12.9. The van der Waals surface area contributed by atoms with Crippen molar-refractivity contribution >= 4 is 22.5 Å². The highest BCUT2D eigenvalue weighted by atomic mass is 16.5. The van der Waals surface area contributed by atoms with Crippen LogP contribution in [0.25, 0.3) is 10.8 Å². The van der Waals surface area contributed by atoms with E-state index in [1.807, 2.05) is 60.7 Å². The number of rotatable bonds is 8. The Morgan fingerprint density at radius 3 is 2.73 bits per heavy atom. The zero-order valence-corrected chi connectivity index (χ0v) is 20.9. The summed E-state index contributed by atoms with van der Waals surface area (Å²) >= 11 is 0. The number of amidine groups is 1. The lowest BCUT2D eigenvalue weighted by molar-refractivity contribution is -0.121. The number of ether oxygens (including phenoxy) is 2. The Morgan fingerprint density at radius 2 is 1.89 bits per heavy atom. The number of nitrogen functional groups attached to an aromatic ring is 1. The first-order chi connectivity index (χ1) is 18.0. The molecule has 0 saturated carbocycles. The second-order valence-corrected chi connectivity index (χ2v) is 9.46. The Labute approximate surface area is 216 Å². The average molecular weight is 494 g/mol. The molecule has 1 aliphatic carbocycles. The van der Waals surface area contributed by atoms with Crippen molar-refractivity contribution in [1.29, 1.82) is 5.41 Å². The molecule has 0 bridgehead atoms. The lowest BCUT2D eigenvalue weighted by atomic mass is 9.87. The maximum absolute atomic E-state index is 12.9. The van der Waals surface area contributed by atoms with Crippen molar-refractivity contribution < 1.29 is 14.3 Å². The van der Waals surface area contributed by atoms with Crippen molar-refractivity contribution in [2.75, 3.05) is 7.11 Å². The summed E-state index contributed by atoms with van der Waals surface area (Å²) in [5, 5.41) is 13.0. The molecule has 4 aromatic carbocycles. The Balaban J connectivity index is 1.29. The number of amides is 1. The zero-order chi connectivity index (χ0) is 25.8. The second kappa shape index (κ2) is 10.7. The number of benzene rings is 4. The third kappa shape index (κ3) is 5.59. The van der Waals surface area contributed by atoms with Crippen LogP contribution in [0, 0.1) is 5.41 Å². The number of nitrogens with one attached hydrogen (secondary N) is 2. The number of hydrogen-bond acceptors (Lipinski definition) is 4. The van der Waals surface area contributed by atoms with Crippen LogP contribution in [0.15, 0.2) is 78.9 Å². The molecule has 0 heterocycles. The van der Waals surface area contributed by atoms with E-state index in [1.54, 1.807) is 7.11 Å². The molecule has 0 aromatic heterocycles. The SMILES string of the molecule is COc1cccc(CC(=O)NC2CCCc3ccc(OCc4cccc5cc(C(=N)N)ccc45)cc32)c1. The Bertz CT molecular complexity index is 1460. The lowest BCUT2D eigenvalue weighted by Gasteiger charge is -2.27. The van der Waals surface area contributed by atoms with Crippen molar-refractivity contribution in [1.82, 2.24) is 5.32 Å². The molecule has 37 heavy (non-hydrogen) atoms. The standard InChI is InChI=1S/C31H31N3O3/c1-36-25-9-2-5-20(15-25)16-30(35)34-29-10-4-6-21-11-13-26(18-28(21)29)37-19-24-8-3-7-22-17-23(31(32)33)12-14-27(22)24/h2-3,5,7-9,11-15,17-18,29H,4,6,10,16,19H2,1H3,(H3,32,33)(H,34,35). The monoisotopic (exact) mass is 493 g/mol. The lowest BCUT2D eigenvalue weighted by Crippen LogP contribution is -2.32. The van der Waals surface area contributed by atoms with E-state index in [1.165, 1.54) is 5.56 Å². The van der Waals surface area contributed by atoms with Gasteiger partial charge in [0.15, 0.2) is 0 Å². The topological polar surface area (TPSA) is 97.4 Å². The molecule has 0 radical (unpaired) electrons. The average Bonchev–Trinajstić information content (AvgIpc) is 2.91. The molecule has 6 nitrogen and oxygen atoms in total. The summed E-state index contributed by atoms with van der Waals surface area (Å²) < 4.78 is 11.5. The van der Waals surface area contributed by atoms with Gasteiger partial charge < -0.3 is 20.5 Å². The highest BCUT2D eigenvalue weighted by Crippen LogP contribution is 2.33. The van der Waals surface area contributed by atoms with Gasteiger partial charge in [0.05, 0.1) is 19.6 Å². The van der Waals surface area contributed by atoms with Crippen LogP contribution in [0.2, 0.25) is 0 Å². The van der Waals surface area contributed by atoms with Gasteiger partial charge >= 0.3 is 0 Å². The molecule has 4 aromatic rings. The third-order valence-electron chi connectivity index (χ3n) is 6.94. The fourth-order valence-corrected chi connectivity index (χ4v) is 5.04. The molecule has 1 aliphatic rings. The van der Waals surface area contributed by atoms with Crippen LogP contribution in [0.3, 0.4) is 0 Å². The molecular formula is C31H31N3O3. The summed E-state index contributed by atoms with van der Waals surface area (Å²) in [7, 11) is 1.63. The summed E-state index contributed by atoms with van der Waals surface area (Å²) in [5.41, 5.74) is 10.7. The first kappa shape index (κ1) is 24.4. The maximum atomic E-state index is 12.9. The van der Waals surface area contributed by atoms with Crippen LogP contribution in [0.4, 0.5) is 0 Å². The van der Waals surface area contributed by atoms with Gasteiger partial charge in [-0.3, -0.25) is 10.2 Å². The van der Waals surface area contributed by atoms with Crippen molar-refractivity contribution in [2.45, 2.75) is 38.3 Å². The fraction of sp³-hybridized carbons (Fsp3) is 0.226. The molecule has 4 N–H and O–H groups in total. The van der Waals surface area contributed by atoms with Crippen LogP contribution >= 0.6 is 0 Å². The van der Waals surface area contributed by atoms with E-state index < -0.39 is 0 Å². The van der Waals surface area contributed by atoms with Gasteiger partial charge in [-0.25, -0.2) is 0 Å². The number of fused-ring (bicyclic) bond motifs is 2. The normalized spacial score (nSPS) is 14.6. The van der Waals surface area contributed by atoms with Gasteiger partial charge in [0.25, 0.3) is 0 Å². The summed E-state index contributed by atoms with van der Waals surface area (Å²) in [6, 6.07) is 25.6. The number of methoxy groups -OCH3 is 1. The Morgan fingerprint density at radius 1 is 1.03 bits per heavy atom. The molecule has 6 heteroatoms. The van der Waals surface area contributed by atoms with E-state index in [9.17, 15) is 4.79 Å². The van der Waals surface area contributed by atoms with Crippen LogP contribution in [-0.2, 0) is 24.2 Å². The number of carbonyl (C=O) groups is 1. The van der Waals surface area contributed by atoms with Crippen LogP contribution < -0.4 is 20.5 Å². The minimum Gasteiger partial charge on any atom is -0.497 e. The van der Waals surface area contributed by atoms with Crippen LogP contribution in [0.1, 0.15) is 46.7 Å². The molecule has 5 rings (SSSR count). The first-order valence-corrected chi connectivity index (χ1v) is 12.5. The highest BCUT2D eigenvalue weighted by molar-refractivity contribution is 5.99. The fourth-order valence-electron chi connectivity index (χ4n) is 5.04. The molecule has 0 fully saturated rings. The van der Waals surface area contributed by atoms with E-state index >= 15 is 0 Å². The number of carbonyl (C=O) groups excluding carboxylic acids is 1. The Hall–Kier alpha value is -4.32. The van der Waals surface area contributed by atoms with Gasteiger partial charge in [-0.2, -0.15) is 0 Å². The molecule has 0 aliphatic heterocycles. The summed E-state index contributed by atoms with van der Waals surface area (Å²) in [6.07, 6.45) is 3.25. The predicted molar refractivity (Wildman–Crippen MR) is 146 cm³/mol. The molecule has 188 valence electrons. The molecule has 1 amide bonds. The number of hydrogen-bond donors (Lipinski definition) is 3. The van der Waals surface area contributed by atoms with E-state index in [-0.39, 0.29) is 17.8 Å². The summed E-state index contributed by atoms with van der Waals surface area (Å²) in [5.74, 6) is 1.59. The van der Waals surface area contributed by atoms with E-state index in [0.29, 0.717) is 18.6 Å². The highest BCUT2D eigenvalue weighted by Gasteiger charge is 2.23. The number of nitrogens with two attached hydrogens (primary N) is 1. The van der Waals surface area contributed by atoms with Crippen molar-refractivity contribution in [3.8, 4) is 11.5 Å². The molecule has 0 saturated heterocycles. The van der Waals surface area contributed by atoms with Gasteiger partial charge in [-0.15, -0.1) is 0 Å². The second-order valence-electron chi connectivity index (χ2n) is 9.46. The largest absolute Gasteiger partial charge is 0.497 e. The molecule has 1 unspecified atom stereocenters.